The molecule has 118 valence electrons. The average molecular weight is 335 g/mol. The monoisotopic (exact) mass is 334 g/mol. The lowest BCUT2D eigenvalue weighted by Gasteiger charge is -2.23. The van der Waals surface area contributed by atoms with Crippen molar-refractivity contribution in [3.05, 3.63) is 23.2 Å². The number of nitrogens with one attached hydrogen (secondary N) is 1. The standard InChI is InChI=1S/C13H19ClN2O4S/c1-9(2)16(21(4,18)19)8-13(17)15-11-7-10(14)5-6-12(11)20-3/h5-7,9H,8H2,1-4H3,(H,15,17). The van der Waals surface area contributed by atoms with E-state index in [9.17, 15) is 13.2 Å². The number of hydrogen-bond acceptors (Lipinski definition) is 4. The maximum Gasteiger partial charge on any atom is 0.239 e. The second-order valence-corrected chi connectivity index (χ2v) is 7.17. The van der Waals surface area contributed by atoms with Crippen LogP contribution in [0.1, 0.15) is 13.8 Å². The lowest BCUT2D eigenvalue weighted by Crippen LogP contribution is -2.41. The first kappa shape index (κ1) is 17.7. The fourth-order valence-corrected chi connectivity index (χ4v) is 3.08. The van der Waals surface area contributed by atoms with Crippen LogP contribution in [0.5, 0.6) is 5.75 Å². The summed E-state index contributed by atoms with van der Waals surface area (Å²) in [5, 5.41) is 3.04. The van der Waals surface area contributed by atoms with Crippen LogP contribution in [0.15, 0.2) is 18.2 Å². The summed E-state index contributed by atoms with van der Waals surface area (Å²) in [7, 11) is -1.99. The summed E-state index contributed by atoms with van der Waals surface area (Å²) in [4.78, 5) is 12.0. The zero-order valence-corrected chi connectivity index (χ0v) is 14.0. The van der Waals surface area contributed by atoms with Crippen molar-refractivity contribution in [3.63, 3.8) is 0 Å². The zero-order chi connectivity index (χ0) is 16.2. The predicted molar refractivity (Wildman–Crippen MR) is 83.3 cm³/mol. The number of ether oxygens (including phenoxy) is 1. The van der Waals surface area contributed by atoms with E-state index in [2.05, 4.69) is 5.32 Å². The molecule has 1 rings (SSSR count). The highest BCUT2D eigenvalue weighted by Crippen LogP contribution is 2.27. The number of carbonyl (C=O) groups excluding carboxylic acids is 1. The third-order valence-electron chi connectivity index (χ3n) is 2.74. The van der Waals surface area contributed by atoms with Crippen molar-refractivity contribution in [2.75, 3.05) is 25.2 Å². The summed E-state index contributed by atoms with van der Waals surface area (Å²) in [6.45, 7) is 3.13. The van der Waals surface area contributed by atoms with Crippen molar-refractivity contribution in [2.45, 2.75) is 19.9 Å². The highest BCUT2D eigenvalue weighted by Gasteiger charge is 2.23. The van der Waals surface area contributed by atoms with Gasteiger partial charge in [-0.2, -0.15) is 4.31 Å². The lowest BCUT2D eigenvalue weighted by molar-refractivity contribution is -0.116. The maximum absolute atomic E-state index is 12.0. The highest BCUT2D eigenvalue weighted by atomic mass is 35.5. The number of carbonyl (C=O) groups is 1. The number of anilines is 1. The van der Waals surface area contributed by atoms with Gasteiger partial charge in [0.1, 0.15) is 5.75 Å². The largest absolute Gasteiger partial charge is 0.495 e. The van der Waals surface area contributed by atoms with Gasteiger partial charge in [0.2, 0.25) is 15.9 Å². The molecule has 1 aromatic carbocycles. The molecule has 1 N–H and O–H groups in total. The van der Waals surface area contributed by atoms with E-state index in [-0.39, 0.29) is 12.6 Å². The van der Waals surface area contributed by atoms with E-state index in [0.717, 1.165) is 10.6 Å². The molecule has 8 heteroatoms. The Bertz CT molecular complexity index is 617. The maximum atomic E-state index is 12.0. The van der Waals surface area contributed by atoms with Gasteiger partial charge in [-0.05, 0) is 32.0 Å². The van der Waals surface area contributed by atoms with Gasteiger partial charge in [0.05, 0.1) is 25.6 Å². The molecular formula is C13H19ClN2O4S. The molecule has 0 aromatic heterocycles. The van der Waals surface area contributed by atoms with Crippen LogP contribution in [-0.4, -0.2) is 44.6 Å². The Hall–Kier alpha value is -1.31. The fraction of sp³-hybridized carbons (Fsp3) is 0.462. The van der Waals surface area contributed by atoms with E-state index in [1.165, 1.54) is 7.11 Å². The Balaban J connectivity index is 2.89. The molecule has 1 aromatic rings. The van der Waals surface area contributed by atoms with Crippen LogP contribution >= 0.6 is 11.6 Å². The van der Waals surface area contributed by atoms with Gasteiger partial charge in [-0.1, -0.05) is 11.6 Å². The van der Waals surface area contributed by atoms with Crippen molar-refractivity contribution in [1.29, 1.82) is 0 Å². The van der Waals surface area contributed by atoms with Crippen molar-refractivity contribution in [2.24, 2.45) is 0 Å². The molecule has 0 aliphatic carbocycles. The Kier molecular flexibility index (Phi) is 6.00. The number of benzene rings is 1. The molecule has 21 heavy (non-hydrogen) atoms. The van der Waals surface area contributed by atoms with Gasteiger partial charge in [-0.25, -0.2) is 8.42 Å². The van der Waals surface area contributed by atoms with Crippen molar-refractivity contribution in [3.8, 4) is 5.75 Å². The van der Waals surface area contributed by atoms with Gasteiger partial charge in [-0.15, -0.1) is 0 Å². The molecule has 0 fully saturated rings. The van der Waals surface area contributed by atoms with Crippen LogP contribution in [0.25, 0.3) is 0 Å². The highest BCUT2D eigenvalue weighted by molar-refractivity contribution is 7.88. The van der Waals surface area contributed by atoms with Crippen molar-refractivity contribution in [1.82, 2.24) is 4.31 Å². The van der Waals surface area contributed by atoms with E-state index in [1.807, 2.05) is 0 Å². The van der Waals surface area contributed by atoms with Crippen molar-refractivity contribution < 1.29 is 17.9 Å². The number of methoxy groups -OCH3 is 1. The van der Waals surface area contributed by atoms with Gasteiger partial charge >= 0.3 is 0 Å². The first-order chi connectivity index (χ1) is 9.65. The smallest absolute Gasteiger partial charge is 0.239 e. The summed E-state index contributed by atoms with van der Waals surface area (Å²) < 4.78 is 29.5. The van der Waals surface area contributed by atoms with E-state index >= 15 is 0 Å². The Morgan fingerprint density at radius 1 is 1.43 bits per heavy atom. The van der Waals surface area contributed by atoms with Gasteiger partial charge < -0.3 is 10.1 Å². The van der Waals surface area contributed by atoms with Crippen LogP contribution < -0.4 is 10.1 Å². The van der Waals surface area contributed by atoms with Crippen LogP contribution in [0.2, 0.25) is 5.02 Å². The van der Waals surface area contributed by atoms with Crippen LogP contribution in [0.4, 0.5) is 5.69 Å². The zero-order valence-electron chi connectivity index (χ0n) is 12.4. The van der Waals surface area contributed by atoms with Crippen LogP contribution in [0.3, 0.4) is 0 Å². The predicted octanol–water partition coefficient (Wildman–Crippen LogP) is 1.96. The Morgan fingerprint density at radius 3 is 2.52 bits per heavy atom. The molecular weight excluding hydrogens is 316 g/mol. The number of rotatable bonds is 6. The summed E-state index contributed by atoms with van der Waals surface area (Å²) in [5.74, 6) is -0.0158. The molecule has 6 nitrogen and oxygen atoms in total. The normalized spacial score (nSPS) is 11.8. The second-order valence-electron chi connectivity index (χ2n) is 4.79. The second kappa shape index (κ2) is 7.11. The third kappa shape index (κ3) is 5.18. The minimum absolute atomic E-state index is 0.272. The van der Waals surface area contributed by atoms with E-state index < -0.39 is 15.9 Å². The molecule has 0 aliphatic heterocycles. The van der Waals surface area contributed by atoms with Crippen molar-refractivity contribution >= 4 is 33.2 Å². The first-order valence-electron chi connectivity index (χ1n) is 6.25. The fourth-order valence-electron chi connectivity index (χ4n) is 1.79. The Labute approximate surface area is 130 Å². The number of nitrogens with zero attached hydrogens (tertiary/aromatic N) is 1. The summed E-state index contributed by atoms with van der Waals surface area (Å²) >= 11 is 5.87. The number of hydrogen-bond donors (Lipinski definition) is 1. The van der Waals surface area contributed by atoms with E-state index in [1.54, 1.807) is 32.0 Å². The van der Waals surface area contributed by atoms with Gasteiger partial charge in [-0.3, -0.25) is 4.79 Å². The summed E-state index contributed by atoms with van der Waals surface area (Å²) in [5.41, 5.74) is 0.396. The molecule has 0 atom stereocenters. The Morgan fingerprint density at radius 2 is 2.05 bits per heavy atom. The lowest BCUT2D eigenvalue weighted by atomic mass is 10.3. The molecule has 0 radical (unpaired) electrons. The van der Waals surface area contributed by atoms with Gasteiger partial charge in [0.25, 0.3) is 0 Å². The molecule has 0 unspecified atom stereocenters. The first-order valence-corrected chi connectivity index (χ1v) is 8.48. The molecule has 0 saturated heterocycles. The van der Waals surface area contributed by atoms with E-state index in [4.69, 9.17) is 16.3 Å². The van der Waals surface area contributed by atoms with Crippen LogP contribution in [0, 0.1) is 0 Å². The van der Waals surface area contributed by atoms with Crippen LogP contribution in [-0.2, 0) is 14.8 Å². The summed E-state index contributed by atoms with van der Waals surface area (Å²) in [6.07, 6.45) is 1.07. The number of halogens is 1. The number of sulfonamides is 1. The minimum Gasteiger partial charge on any atom is -0.495 e. The topological polar surface area (TPSA) is 75.7 Å². The molecule has 0 bridgehead atoms. The van der Waals surface area contributed by atoms with E-state index in [0.29, 0.717) is 16.5 Å². The quantitative estimate of drug-likeness (QED) is 0.862. The van der Waals surface area contributed by atoms with Gasteiger partial charge in [0.15, 0.2) is 0 Å². The molecule has 0 spiro atoms. The molecule has 0 heterocycles. The average Bonchev–Trinajstić information content (AvgIpc) is 2.34. The molecule has 1 amide bonds. The third-order valence-corrected chi connectivity index (χ3v) is 4.37. The summed E-state index contributed by atoms with van der Waals surface area (Å²) in [6, 6.07) is 4.48. The van der Waals surface area contributed by atoms with Gasteiger partial charge in [0, 0.05) is 11.1 Å². The molecule has 0 saturated carbocycles. The minimum atomic E-state index is -3.46. The SMILES string of the molecule is COc1ccc(Cl)cc1NC(=O)CN(C(C)C)S(C)(=O)=O. The molecule has 0 aliphatic rings. The number of amides is 1.